The standard InChI is InChI=1S/C17H16N4O2/c1-20-11-18-8-12(20)9-21-15-5-3-2-4-14(15)17(19-21)16-7-6-13(10-22)23-16/h2-8,11,22H,9-10H2,1H3. The Balaban J connectivity index is 1.84. The Labute approximate surface area is 132 Å². The van der Waals surface area contributed by atoms with E-state index >= 15 is 0 Å². The van der Waals surface area contributed by atoms with Crippen molar-refractivity contribution in [3.63, 3.8) is 0 Å². The van der Waals surface area contributed by atoms with Crippen molar-refractivity contribution in [1.29, 1.82) is 0 Å². The van der Waals surface area contributed by atoms with E-state index in [9.17, 15) is 5.11 Å². The van der Waals surface area contributed by atoms with E-state index in [-0.39, 0.29) is 6.61 Å². The van der Waals surface area contributed by atoms with E-state index in [0.717, 1.165) is 22.3 Å². The second-order valence-electron chi connectivity index (χ2n) is 5.44. The van der Waals surface area contributed by atoms with Crippen LogP contribution in [0.5, 0.6) is 0 Å². The highest BCUT2D eigenvalue weighted by Crippen LogP contribution is 2.29. The average molecular weight is 308 g/mol. The number of imidazole rings is 1. The molecule has 3 aromatic heterocycles. The quantitative estimate of drug-likeness (QED) is 0.629. The summed E-state index contributed by atoms with van der Waals surface area (Å²) in [6.45, 7) is 0.512. The smallest absolute Gasteiger partial charge is 0.155 e. The van der Waals surface area contributed by atoms with Crippen LogP contribution in [-0.4, -0.2) is 24.4 Å². The van der Waals surface area contributed by atoms with Gasteiger partial charge in [-0.3, -0.25) is 4.68 Å². The summed E-state index contributed by atoms with van der Waals surface area (Å²) < 4.78 is 9.58. The number of furan rings is 1. The number of aryl methyl sites for hydroxylation is 1. The van der Waals surface area contributed by atoms with Crippen LogP contribution in [0.1, 0.15) is 11.5 Å². The summed E-state index contributed by atoms with van der Waals surface area (Å²) >= 11 is 0. The highest BCUT2D eigenvalue weighted by Gasteiger charge is 2.15. The number of rotatable bonds is 4. The van der Waals surface area contributed by atoms with Crippen LogP contribution < -0.4 is 0 Å². The van der Waals surface area contributed by atoms with Gasteiger partial charge in [-0.2, -0.15) is 5.10 Å². The summed E-state index contributed by atoms with van der Waals surface area (Å²) in [5, 5.41) is 14.9. The minimum Gasteiger partial charge on any atom is -0.457 e. The maximum Gasteiger partial charge on any atom is 0.155 e. The maximum atomic E-state index is 9.19. The molecule has 0 spiro atoms. The number of aliphatic hydroxyl groups is 1. The van der Waals surface area contributed by atoms with Crippen molar-refractivity contribution >= 4 is 10.9 Å². The summed E-state index contributed by atoms with van der Waals surface area (Å²) in [4.78, 5) is 4.15. The first kappa shape index (κ1) is 13.8. The van der Waals surface area contributed by atoms with Crippen LogP contribution in [0.25, 0.3) is 22.4 Å². The molecular weight excluding hydrogens is 292 g/mol. The minimum absolute atomic E-state index is 0.117. The van der Waals surface area contributed by atoms with Crippen molar-refractivity contribution in [3.05, 3.63) is 60.4 Å². The summed E-state index contributed by atoms with van der Waals surface area (Å²) in [5.74, 6) is 1.19. The second kappa shape index (κ2) is 5.40. The lowest BCUT2D eigenvalue weighted by atomic mass is 10.2. The molecule has 0 amide bonds. The zero-order valence-electron chi connectivity index (χ0n) is 12.7. The van der Waals surface area contributed by atoms with Crippen molar-refractivity contribution in [2.24, 2.45) is 7.05 Å². The van der Waals surface area contributed by atoms with Gasteiger partial charge in [0.2, 0.25) is 0 Å². The molecule has 0 aliphatic rings. The van der Waals surface area contributed by atoms with E-state index in [4.69, 9.17) is 9.52 Å². The number of aromatic nitrogens is 4. The number of para-hydroxylation sites is 1. The first-order valence-corrected chi connectivity index (χ1v) is 7.37. The van der Waals surface area contributed by atoms with Gasteiger partial charge in [-0.25, -0.2) is 4.98 Å². The van der Waals surface area contributed by atoms with Crippen molar-refractivity contribution in [2.75, 3.05) is 0 Å². The van der Waals surface area contributed by atoms with Crippen LogP contribution in [0.2, 0.25) is 0 Å². The molecule has 1 aromatic carbocycles. The fourth-order valence-corrected chi connectivity index (χ4v) is 2.71. The number of aliphatic hydroxyl groups excluding tert-OH is 1. The van der Waals surface area contributed by atoms with Gasteiger partial charge in [0.1, 0.15) is 18.1 Å². The number of nitrogens with zero attached hydrogens (tertiary/aromatic N) is 4. The third kappa shape index (κ3) is 2.33. The van der Waals surface area contributed by atoms with Gasteiger partial charge in [0.05, 0.1) is 30.3 Å². The number of benzene rings is 1. The summed E-state index contributed by atoms with van der Waals surface area (Å²) in [6, 6.07) is 11.7. The molecule has 0 bridgehead atoms. The predicted octanol–water partition coefficient (Wildman–Crippen LogP) is 2.57. The van der Waals surface area contributed by atoms with E-state index < -0.39 is 0 Å². The molecule has 4 aromatic rings. The van der Waals surface area contributed by atoms with Gasteiger partial charge in [0.15, 0.2) is 5.76 Å². The normalized spacial score (nSPS) is 11.4. The molecule has 23 heavy (non-hydrogen) atoms. The van der Waals surface area contributed by atoms with Crippen molar-refractivity contribution < 1.29 is 9.52 Å². The molecule has 6 heteroatoms. The lowest BCUT2D eigenvalue weighted by Crippen LogP contribution is -2.05. The Kier molecular flexibility index (Phi) is 3.24. The van der Waals surface area contributed by atoms with Crippen LogP contribution in [0.3, 0.4) is 0 Å². The fourth-order valence-electron chi connectivity index (χ4n) is 2.71. The lowest BCUT2D eigenvalue weighted by molar-refractivity contribution is 0.248. The van der Waals surface area contributed by atoms with Gasteiger partial charge in [0, 0.05) is 12.4 Å². The van der Waals surface area contributed by atoms with Crippen molar-refractivity contribution in [3.8, 4) is 11.5 Å². The second-order valence-corrected chi connectivity index (χ2v) is 5.44. The van der Waals surface area contributed by atoms with E-state index in [0.29, 0.717) is 18.1 Å². The monoisotopic (exact) mass is 308 g/mol. The van der Waals surface area contributed by atoms with Gasteiger partial charge in [-0.05, 0) is 18.2 Å². The minimum atomic E-state index is -0.117. The number of hydrogen-bond donors (Lipinski definition) is 1. The molecular formula is C17H16N4O2. The zero-order valence-corrected chi connectivity index (χ0v) is 12.7. The highest BCUT2D eigenvalue weighted by molar-refractivity contribution is 5.92. The summed E-state index contributed by atoms with van der Waals surface area (Å²) in [7, 11) is 1.97. The van der Waals surface area contributed by atoms with Crippen LogP contribution in [0, 0.1) is 0 Å². The Hall–Kier alpha value is -2.86. The molecule has 0 unspecified atom stereocenters. The Morgan fingerprint density at radius 1 is 1.17 bits per heavy atom. The van der Waals surface area contributed by atoms with Crippen molar-refractivity contribution in [1.82, 2.24) is 19.3 Å². The van der Waals surface area contributed by atoms with E-state index in [2.05, 4.69) is 4.98 Å². The lowest BCUT2D eigenvalue weighted by Gasteiger charge is -2.04. The molecule has 0 fully saturated rings. The SMILES string of the molecule is Cn1cncc1Cn1nc(-c2ccc(CO)o2)c2ccccc21. The fraction of sp³-hybridized carbons (Fsp3) is 0.176. The van der Waals surface area contributed by atoms with Gasteiger partial charge in [-0.15, -0.1) is 0 Å². The molecule has 0 radical (unpaired) electrons. The van der Waals surface area contributed by atoms with Gasteiger partial charge >= 0.3 is 0 Å². The molecule has 116 valence electrons. The molecule has 0 saturated carbocycles. The molecule has 1 N–H and O–H groups in total. The maximum absolute atomic E-state index is 9.19. The molecule has 0 aliphatic carbocycles. The Morgan fingerprint density at radius 3 is 2.78 bits per heavy atom. The van der Waals surface area contributed by atoms with Crippen LogP contribution >= 0.6 is 0 Å². The topological polar surface area (TPSA) is 69.0 Å². The highest BCUT2D eigenvalue weighted by atomic mass is 16.4. The third-order valence-corrected chi connectivity index (χ3v) is 3.94. The first-order chi connectivity index (χ1) is 11.3. The molecule has 0 atom stereocenters. The third-order valence-electron chi connectivity index (χ3n) is 3.94. The average Bonchev–Trinajstić information content (AvgIpc) is 3.28. The van der Waals surface area contributed by atoms with Crippen LogP contribution in [0.4, 0.5) is 0 Å². The molecule has 3 heterocycles. The van der Waals surface area contributed by atoms with Gasteiger partial charge < -0.3 is 14.1 Å². The van der Waals surface area contributed by atoms with E-state index in [1.807, 2.05) is 52.8 Å². The predicted molar refractivity (Wildman–Crippen MR) is 85.7 cm³/mol. The molecule has 6 nitrogen and oxygen atoms in total. The largest absolute Gasteiger partial charge is 0.457 e. The summed E-state index contributed by atoms with van der Waals surface area (Å²) in [6.07, 6.45) is 3.62. The van der Waals surface area contributed by atoms with Crippen LogP contribution in [0.15, 0.2) is 53.3 Å². The molecule has 0 aliphatic heterocycles. The molecule has 0 saturated heterocycles. The van der Waals surface area contributed by atoms with E-state index in [1.54, 1.807) is 12.4 Å². The first-order valence-electron chi connectivity index (χ1n) is 7.37. The molecule has 4 rings (SSSR count). The van der Waals surface area contributed by atoms with Gasteiger partial charge in [0.25, 0.3) is 0 Å². The Morgan fingerprint density at radius 2 is 2.04 bits per heavy atom. The van der Waals surface area contributed by atoms with Crippen molar-refractivity contribution in [2.45, 2.75) is 13.2 Å². The van der Waals surface area contributed by atoms with E-state index in [1.165, 1.54) is 0 Å². The number of fused-ring (bicyclic) bond motifs is 1. The van der Waals surface area contributed by atoms with Crippen LogP contribution in [-0.2, 0) is 20.2 Å². The Bertz CT molecular complexity index is 964. The zero-order chi connectivity index (χ0) is 15.8. The van der Waals surface area contributed by atoms with Gasteiger partial charge in [-0.1, -0.05) is 18.2 Å². The number of hydrogen-bond acceptors (Lipinski definition) is 4. The summed E-state index contributed by atoms with van der Waals surface area (Å²) in [5.41, 5.74) is 2.88.